The van der Waals surface area contributed by atoms with Gasteiger partial charge in [0.2, 0.25) is 0 Å². The third kappa shape index (κ3) is 10.1. The molecule has 0 saturated carbocycles. The second kappa shape index (κ2) is 17.7. The van der Waals surface area contributed by atoms with Crippen LogP contribution < -0.4 is 14.4 Å². The summed E-state index contributed by atoms with van der Waals surface area (Å²) in [6.07, 6.45) is -0.528. The van der Waals surface area contributed by atoms with E-state index in [0.29, 0.717) is 19.8 Å². The number of hydrogen-bond donors (Lipinski definition) is 1. The van der Waals surface area contributed by atoms with Crippen LogP contribution in [0.1, 0.15) is 36.0 Å². The molecule has 11 heteroatoms. The van der Waals surface area contributed by atoms with Gasteiger partial charge in [-0.3, -0.25) is 0 Å². The van der Waals surface area contributed by atoms with Crippen molar-refractivity contribution in [1.82, 2.24) is 4.90 Å². The summed E-state index contributed by atoms with van der Waals surface area (Å²) in [6, 6.07) is 23.5. The molecule has 0 aromatic heterocycles. The normalized spacial score (nSPS) is 20.2. The smallest absolute Gasteiger partial charge is 0.410 e. The predicted octanol–water partition coefficient (Wildman–Crippen LogP) is 5.03. The van der Waals surface area contributed by atoms with Crippen molar-refractivity contribution in [2.45, 2.75) is 50.3 Å². The summed E-state index contributed by atoms with van der Waals surface area (Å²) in [7, 11) is 4.89. The van der Waals surface area contributed by atoms with Gasteiger partial charge >= 0.3 is 6.09 Å². The van der Waals surface area contributed by atoms with Crippen molar-refractivity contribution in [3.05, 3.63) is 89.5 Å². The third-order valence-corrected chi connectivity index (χ3v) is 8.85. The van der Waals surface area contributed by atoms with Crippen LogP contribution in [0.3, 0.4) is 0 Å². The number of benzene rings is 3. The van der Waals surface area contributed by atoms with Crippen LogP contribution in [0.25, 0.3) is 0 Å². The number of amides is 1. The van der Waals surface area contributed by atoms with E-state index >= 15 is 0 Å². The highest BCUT2D eigenvalue weighted by Crippen LogP contribution is 2.37. The maximum atomic E-state index is 13.6. The van der Waals surface area contributed by atoms with Crippen molar-refractivity contribution in [3.8, 4) is 11.5 Å². The molecule has 1 amide bonds. The molecule has 4 atom stereocenters. The highest BCUT2D eigenvalue weighted by Gasteiger charge is 2.42. The van der Waals surface area contributed by atoms with E-state index in [4.69, 9.17) is 33.2 Å². The number of carbonyl (C=O) groups excluding carboxylic acids is 1. The van der Waals surface area contributed by atoms with Crippen molar-refractivity contribution in [3.63, 3.8) is 0 Å². The average molecular weight is 679 g/mol. The molecule has 266 valence electrons. The number of anilines is 1. The minimum Gasteiger partial charge on any atom is -0.497 e. The fourth-order valence-electron chi connectivity index (χ4n) is 6.39. The summed E-state index contributed by atoms with van der Waals surface area (Å²) in [4.78, 5) is 17.5. The Morgan fingerprint density at radius 2 is 1.65 bits per heavy atom. The zero-order valence-electron chi connectivity index (χ0n) is 29.0. The van der Waals surface area contributed by atoms with E-state index in [9.17, 15) is 9.90 Å². The highest BCUT2D eigenvalue weighted by molar-refractivity contribution is 5.68. The van der Waals surface area contributed by atoms with Crippen molar-refractivity contribution >= 4 is 11.8 Å². The summed E-state index contributed by atoms with van der Waals surface area (Å²) in [5.74, 6) is 1.31. The molecule has 2 heterocycles. The molecule has 1 N–H and O–H groups in total. The summed E-state index contributed by atoms with van der Waals surface area (Å²) >= 11 is 0. The standard InChI is InChI=1S/C38H50N2O9/c1-38(42,26-44-3)27-49-35-23-40(37(41)48-24-28-9-6-5-7-10-28)22-34(36(35)30-12-14-31(45-4)15-13-30)47-25-29-11-16-33-32(21-29)39(18-20-46-33)17-8-19-43-2/h5-7,9-16,21,34-36,42H,8,17-20,22-27H2,1-4H3/t34-,35+,36+,38+/m0/s1. The van der Waals surface area contributed by atoms with Crippen molar-refractivity contribution in [1.29, 1.82) is 0 Å². The fraction of sp³-hybridized carbons (Fsp3) is 0.500. The van der Waals surface area contributed by atoms with Crippen LogP contribution in [0, 0.1) is 0 Å². The lowest BCUT2D eigenvalue weighted by atomic mass is 9.84. The largest absolute Gasteiger partial charge is 0.497 e. The van der Waals surface area contributed by atoms with Crippen LogP contribution in [0.2, 0.25) is 0 Å². The van der Waals surface area contributed by atoms with Crippen molar-refractivity contribution in [2.24, 2.45) is 0 Å². The van der Waals surface area contributed by atoms with Crippen LogP contribution in [-0.4, -0.2) is 108 Å². The predicted molar refractivity (Wildman–Crippen MR) is 185 cm³/mol. The molecule has 0 unspecified atom stereocenters. The molecular weight excluding hydrogens is 628 g/mol. The van der Waals surface area contributed by atoms with Crippen molar-refractivity contribution in [2.75, 3.05) is 78.8 Å². The van der Waals surface area contributed by atoms with Gasteiger partial charge in [-0.2, -0.15) is 0 Å². The number of hydrogen-bond acceptors (Lipinski definition) is 10. The first kappa shape index (κ1) is 36.4. The lowest BCUT2D eigenvalue weighted by molar-refractivity contribution is -0.133. The van der Waals surface area contributed by atoms with E-state index in [1.807, 2.05) is 66.7 Å². The molecule has 11 nitrogen and oxygen atoms in total. The van der Waals surface area contributed by atoms with Gasteiger partial charge in [0.1, 0.15) is 30.3 Å². The quantitative estimate of drug-likeness (QED) is 0.207. The fourth-order valence-corrected chi connectivity index (χ4v) is 6.39. The van der Waals surface area contributed by atoms with Gasteiger partial charge in [-0.1, -0.05) is 48.5 Å². The topological polar surface area (TPSA) is 108 Å². The molecule has 3 aromatic carbocycles. The van der Waals surface area contributed by atoms with Crippen LogP contribution in [-0.2, 0) is 36.9 Å². The van der Waals surface area contributed by atoms with E-state index in [-0.39, 0.29) is 38.8 Å². The molecule has 5 rings (SSSR count). The number of nitrogens with zero attached hydrogens (tertiary/aromatic N) is 2. The van der Waals surface area contributed by atoms with E-state index < -0.39 is 23.9 Å². The number of carbonyl (C=O) groups is 1. The van der Waals surface area contributed by atoms with Gasteiger partial charge < -0.3 is 48.1 Å². The number of rotatable bonds is 16. The average Bonchev–Trinajstić information content (AvgIpc) is 3.12. The number of methoxy groups -OCH3 is 3. The Kier molecular flexibility index (Phi) is 13.1. The second-order valence-electron chi connectivity index (χ2n) is 12.9. The molecule has 3 aromatic rings. The zero-order chi connectivity index (χ0) is 34.6. The first-order chi connectivity index (χ1) is 23.8. The Labute approximate surface area is 289 Å². The number of ether oxygens (including phenoxy) is 7. The van der Waals surface area contributed by atoms with Gasteiger partial charge in [0.05, 0.1) is 64.5 Å². The molecular formula is C38H50N2O9. The Morgan fingerprint density at radius 1 is 0.898 bits per heavy atom. The Bertz CT molecular complexity index is 1450. The van der Waals surface area contributed by atoms with Crippen LogP contribution in [0.4, 0.5) is 10.5 Å². The van der Waals surface area contributed by atoms with Crippen LogP contribution in [0.5, 0.6) is 11.5 Å². The SMILES string of the molecule is COCCCN1CCOc2ccc(CO[C@H]3CN(C(=O)OCc4ccccc4)C[C@@H](OC[C@](C)(O)COC)[C@@H]3c3ccc(OC)cc3)cc21. The molecule has 2 aliphatic rings. The van der Waals surface area contributed by atoms with Gasteiger partial charge in [0, 0.05) is 33.3 Å². The van der Waals surface area contributed by atoms with Crippen LogP contribution >= 0.6 is 0 Å². The number of aliphatic hydroxyl groups is 1. The number of piperidine rings is 1. The van der Waals surface area contributed by atoms with E-state index in [0.717, 1.165) is 53.4 Å². The maximum absolute atomic E-state index is 13.6. The summed E-state index contributed by atoms with van der Waals surface area (Å²) in [6.45, 7) is 5.75. The Balaban J connectivity index is 1.40. The van der Waals surface area contributed by atoms with Gasteiger partial charge in [-0.25, -0.2) is 4.79 Å². The third-order valence-electron chi connectivity index (χ3n) is 8.85. The van der Waals surface area contributed by atoms with Gasteiger partial charge in [-0.05, 0) is 54.3 Å². The Morgan fingerprint density at radius 3 is 2.37 bits per heavy atom. The lowest BCUT2D eigenvalue weighted by Crippen LogP contribution is -2.55. The summed E-state index contributed by atoms with van der Waals surface area (Å²) in [5.41, 5.74) is 2.66. The highest BCUT2D eigenvalue weighted by atomic mass is 16.6. The lowest BCUT2D eigenvalue weighted by Gasteiger charge is -2.44. The maximum Gasteiger partial charge on any atom is 0.410 e. The van der Waals surface area contributed by atoms with E-state index in [2.05, 4.69) is 11.0 Å². The number of likely N-dealkylation sites (tertiary alicyclic amines) is 1. The Hall–Kier alpha value is -3.87. The minimum atomic E-state index is -1.23. The van der Waals surface area contributed by atoms with Crippen LogP contribution in [0.15, 0.2) is 72.8 Å². The molecule has 1 fully saturated rings. The molecule has 0 bridgehead atoms. The monoisotopic (exact) mass is 678 g/mol. The molecule has 1 saturated heterocycles. The minimum absolute atomic E-state index is 0.00150. The van der Waals surface area contributed by atoms with Gasteiger partial charge in [0.15, 0.2) is 0 Å². The van der Waals surface area contributed by atoms with Crippen molar-refractivity contribution < 1.29 is 43.1 Å². The van der Waals surface area contributed by atoms with E-state index in [1.165, 1.54) is 7.11 Å². The summed E-state index contributed by atoms with van der Waals surface area (Å²) < 4.78 is 40.9. The molecule has 0 aliphatic carbocycles. The second-order valence-corrected chi connectivity index (χ2v) is 12.9. The molecule has 0 spiro atoms. The first-order valence-electron chi connectivity index (χ1n) is 16.8. The van der Waals surface area contributed by atoms with E-state index in [1.54, 1.807) is 26.0 Å². The molecule has 2 aliphatic heterocycles. The van der Waals surface area contributed by atoms with Gasteiger partial charge in [0.25, 0.3) is 0 Å². The zero-order valence-corrected chi connectivity index (χ0v) is 29.0. The molecule has 49 heavy (non-hydrogen) atoms. The van der Waals surface area contributed by atoms with Gasteiger partial charge in [-0.15, -0.1) is 0 Å². The number of fused-ring (bicyclic) bond motifs is 1. The first-order valence-corrected chi connectivity index (χ1v) is 16.8. The summed E-state index contributed by atoms with van der Waals surface area (Å²) in [5, 5.41) is 10.9. The molecule has 0 radical (unpaired) electrons.